The van der Waals surface area contributed by atoms with Crippen molar-refractivity contribution in [3.05, 3.63) is 28.2 Å². The zero-order valence-electron chi connectivity index (χ0n) is 14.1. The highest BCUT2D eigenvalue weighted by molar-refractivity contribution is 9.10. The van der Waals surface area contributed by atoms with Crippen LogP contribution in [0.3, 0.4) is 0 Å². The number of benzene rings is 1. The van der Waals surface area contributed by atoms with Crippen molar-refractivity contribution >= 4 is 39.9 Å². The third kappa shape index (κ3) is 5.17. The summed E-state index contributed by atoms with van der Waals surface area (Å²) in [5.74, 6) is 0.0607. The van der Waals surface area contributed by atoms with Gasteiger partial charge in [-0.15, -0.1) is 12.4 Å². The molecule has 134 valence electrons. The maximum Gasteiger partial charge on any atom is 0.238 e. The zero-order valence-corrected chi connectivity index (χ0v) is 16.5. The second-order valence-corrected chi connectivity index (χ2v) is 7.34. The van der Waals surface area contributed by atoms with Gasteiger partial charge in [-0.1, -0.05) is 6.07 Å². The fourth-order valence-corrected chi connectivity index (χ4v) is 3.94. The second-order valence-electron chi connectivity index (χ2n) is 6.49. The van der Waals surface area contributed by atoms with Crippen molar-refractivity contribution in [1.29, 1.82) is 0 Å². The number of nitrogens with zero attached hydrogens (tertiary/aromatic N) is 2. The first kappa shape index (κ1) is 19.7. The summed E-state index contributed by atoms with van der Waals surface area (Å²) in [4.78, 5) is 17.1. The van der Waals surface area contributed by atoms with Gasteiger partial charge in [-0.2, -0.15) is 0 Å². The molecule has 5 nitrogen and oxygen atoms in total. The van der Waals surface area contributed by atoms with Crippen molar-refractivity contribution in [2.45, 2.75) is 19.4 Å². The lowest BCUT2D eigenvalue weighted by atomic mass is 10.2. The summed E-state index contributed by atoms with van der Waals surface area (Å²) in [5.41, 5.74) is 2.02. The van der Waals surface area contributed by atoms with Crippen LogP contribution in [0.25, 0.3) is 0 Å². The lowest BCUT2D eigenvalue weighted by Crippen LogP contribution is -2.52. The minimum Gasteiger partial charge on any atom is -0.324 e. The van der Waals surface area contributed by atoms with Gasteiger partial charge in [0.15, 0.2) is 0 Å². The van der Waals surface area contributed by atoms with Crippen molar-refractivity contribution < 1.29 is 4.79 Å². The molecule has 3 rings (SSSR count). The smallest absolute Gasteiger partial charge is 0.238 e. The molecule has 24 heavy (non-hydrogen) atoms. The van der Waals surface area contributed by atoms with Crippen molar-refractivity contribution in [3.63, 3.8) is 0 Å². The Hall–Kier alpha value is -0.660. The maximum absolute atomic E-state index is 12.3. The Morgan fingerprint density at radius 3 is 2.71 bits per heavy atom. The van der Waals surface area contributed by atoms with E-state index < -0.39 is 0 Å². The molecule has 0 bridgehead atoms. The maximum atomic E-state index is 12.3. The van der Waals surface area contributed by atoms with Gasteiger partial charge >= 0.3 is 0 Å². The van der Waals surface area contributed by atoms with E-state index >= 15 is 0 Å². The molecular formula is C17H26BrClN4O. The Kier molecular flexibility index (Phi) is 7.50. The van der Waals surface area contributed by atoms with Gasteiger partial charge in [0.2, 0.25) is 5.91 Å². The van der Waals surface area contributed by atoms with Crippen LogP contribution in [0.2, 0.25) is 0 Å². The van der Waals surface area contributed by atoms with Gasteiger partial charge in [0.05, 0.1) is 12.2 Å². The van der Waals surface area contributed by atoms with Gasteiger partial charge in [0.25, 0.3) is 0 Å². The zero-order chi connectivity index (χ0) is 16.2. The number of carbonyl (C=O) groups excluding carboxylic acids is 1. The molecule has 0 spiro atoms. The van der Waals surface area contributed by atoms with Gasteiger partial charge in [-0.3, -0.25) is 14.6 Å². The van der Waals surface area contributed by atoms with Gasteiger partial charge in [-0.05, 0) is 53.5 Å². The molecule has 0 aromatic heterocycles. The van der Waals surface area contributed by atoms with Crippen molar-refractivity contribution in [1.82, 2.24) is 15.1 Å². The average molecular weight is 418 g/mol. The normalized spacial score (nSPS) is 22.2. The predicted octanol–water partition coefficient (Wildman–Crippen LogP) is 2.10. The van der Waals surface area contributed by atoms with E-state index in [-0.39, 0.29) is 18.3 Å². The Morgan fingerprint density at radius 1 is 1.33 bits per heavy atom. The Labute approximate surface area is 158 Å². The number of anilines is 1. The molecule has 0 radical (unpaired) electrons. The molecule has 0 aliphatic carbocycles. The SMILES string of the molecule is Cc1ccc(NC(=O)CN2CCN(C3CCNC3)CC2)c(Br)c1.Cl. The molecule has 7 heteroatoms. The van der Waals surface area contributed by atoms with Gasteiger partial charge in [0.1, 0.15) is 0 Å². The average Bonchev–Trinajstić information content (AvgIpc) is 3.05. The molecule has 0 saturated carbocycles. The molecule has 2 N–H and O–H groups in total. The number of nitrogens with one attached hydrogen (secondary N) is 2. The van der Waals surface area contributed by atoms with E-state index in [2.05, 4.69) is 36.4 Å². The van der Waals surface area contributed by atoms with E-state index in [0.29, 0.717) is 12.6 Å². The second kappa shape index (κ2) is 9.15. The first-order valence-electron chi connectivity index (χ1n) is 8.35. The Bertz CT molecular complexity index is 558. The van der Waals surface area contributed by atoms with Crippen LogP contribution in [-0.2, 0) is 4.79 Å². The number of rotatable bonds is 4. The fraction of sp³-hybridized carbons (Fsp3) is 0.588. The molecule has 2 aliphatic rings. The first-order chi connectivity index (χ1) is 11.1. The van der Waals surface area contributed by atoms with Crippen LogP contribution in [0.1, 0.15) is 12.0 Å². The van der Waals surface area contributed by atoms with Crippen LogP contribution >= 0.6 is 28.3 Å². The molecule has 1 atom stereocenters. The molecule has 1 amide bonds. The number of amides is 1. The fourth-order valence-electron chi connectivity index (χ4n) is 3.35. The standard InChI is InChI=1S/C17H25BrN4O.ClH/c1-13-2-3-16(15(18)10-13)20-17(23)12-21-6-8-22(9-7-21)14-4-5-19-11-14;/h2-3,10,14,19H,4-9,11-12H2,1H3,(H,20,23);1H. The minimum absolute atomic E-state index is 0. The quantitative estimate of drug-likeness (QED) is 0.788. The Balaban J connectivity index is 0.00000208. The van der Waals surface area contributed by atoms with Gasteiger partial charge < -0.3 is 10.6 Å². The van der Waals surface area contributed by atoms with Crippen molar-refractivity contribution in [3.8, 4) is 0 Å². The number of carbonyl (C=O) groups is 1. The topological polar surface area (TPSA) is 47.6 Å². The summed E-state index contributed by atoms with van der Waals surface area (Å²) in [7, 11) is 0. The molecule has 2 aliphatic heterocycles. The van der Waals surface area contributed by atoms with Crippen LogP contribution in [0, 0.1) is 6.92 Å². The molecule has 1 aromatic carbocycles. The summed E-state index contributed by atoms with van der Waals surface area (Å²) < 4.78 is 0.935. The summed E-state index contributed by atoms with van der Waals surface area (Å²) in [6.07, 6.45) is 1.25. The van der Waals surface area contributed by atoms with E-state index in [1.165, 1.54) is 12.0 Å². The van der Waals surface area contributed by atoms with Crippen LogP contribution in [0.4, 0.5) is 5.69 Å². The molecule has 1 aromatic rings. The summed E-state index contributed by atoms with van der Waals surface area (Å²) >= 11 is 3.51. The lowest BCUT2D eigenvalue weighted by Gasteiger charge is -2.37. The molecule has 2 heterocycles. The monoisotopic (exact) mass is 416 g/mol. The van der Waals surface area contributed by atoms with Crippen LogP contribution < -0.4 is 10.6 Å². The third-order valence-corrected chi connectivity index (χ3v) is 5.38. The molecule has 1 unspecified atom stereocenters. The third-order valence-electron chi connectivity index (χ3n) is 4.72. The Morgan fingerprint density at radius 2 is 2.08 bits per heavy atom. The molecular weight excluding hydrogens is 392 g/mol. The highest BCUT2D eigenvalue weighted by Gasteiger charge is 2.26. The van der Waals surface area contributed by atoms with Crippen molar-refractivity contribution in [2.24, 2.45) is 0 Å². The van der Waals surface area contributed by atoms with Crippen molar-refractivity contribution in [2.75, 3.05) is 51.1 Å². The highest BCUT2D eigenvalue weighted by Crippen LogP contribution is 2.23. The number of piperazine rings is 1. The first-order valence-corrected chi connectivity index (χ1v) is 9.14. The largest absolute Gasteiger partial charge is 0.324 e. The number of hydrogen-bond donors (Lipinski definition) is 2. The van der Waals surface area contributed by atoms with E-state index in [0.717, 1.165) is 49.4 Å². The molecule has 2 fully saturated rings. The van der Waals surface area contributed by atoms with Crippen LogP contribution in [0.15, 0.2) is 22.7 Å². The molecule has 2 saturated heterocycles. The van der Waals surface area contributed by atoms with Crippen LogP contribution in [0.5, 0.6) is 0 Å². The predicted molar refractivity (Wildman–Crippen MR) is 104 cm³/mol. The minimum atomic E-state index is 0. The van der Waals surface area contributed by atoms with E-state index in [1.807, 2.05) is 25.1 Å². The van der Waals surface area contributed by atoms with Crippen LogP contribution in [-0.4, -0.2) is 67.6 Å². The van der Waals surface area contributed by atoms with E-state index in [1.54, 1.807) is 0 Å². The van der Waals surface area contributed by atoms with Gasteiger partial charge in [-0.25, -0.2) is 0 Å². The highest BCUT2D eigenvalue weighted by atomic mass is 79.9. The van der Waals surface area contributed by atoms with E-state index in [9.17, 15) is 4.79 Å². The number of hydrogen-bond acceptors (Lipinski definition) is 4. The lowest BCUT2D eigenvalue weighted by molar-refractivity contribution is -0.117. The number of halogens is 2. The number of aryl methyl sites for hydroxylation is 1. The van der Waals surface area contributed by atoms with Gasteiger partial charge in [0, 0.05) is 43.2 Å². The van der Waals surface area contributed by atoms with E-state index in [4.69, 9.17) is 0 Å². The summed E-state index contributed by atoms with van der Waals surface area (Å²) in [5, 5.41) is 6.43. The summed E-state index contributed by atoms with van der Waals surface area (Å²) in [6, 6.07) is 6.66. The summed E-state index contributed by atoms with van der Waals surface area (Å²) in [6.45, 7) is 8.83.